The van der Waals surface area contributed by atoms with Crippen LogP contribution in [-0.2, 0) is 0 Å². The van der Waals surface area contributed by atoms with E-state index in [1.165, 1.54) is 13.2 Å². The number of rotatable bonds is 9. The topological polar surface area (TPSA) is 116 Å². The molecule has 0 atom stereocenters. The maximum Gasteiger partial charge on any atom is 0.323 e. The molecule has 0 radical (unpaired) electrons. The van der Waals surface area contributed by atoms with E-state index in [0.717, 1.165) is 37.9 Å². The Hall–Kier alpha value is -5.16. The molecule has 244 valence electrons. The first-order valence-electron chi connectivity index (χ1n) is 15.7. The van der Waals surface area contributed by atoms with Crippen molar-refractivity contribution in [3.05, 3.63) is 88.6 Å². The number of hydrogen-bond acceptors (Lipinski definition) is 6. The molecule has 0 unspecified atom stereocenters. The van der Waals surface area contributed by atoms with Gasteiger partial charge < -0.3 is 34.9 Å². The van der Waals surface area contributed by atoms with Crippen LogP contribution in [0.3, 0.4) is 0 Å². The highest BCUT2D eigenvalue weighted by Crippen LogP contribution is 2.42. The number of nitrogens with zero attached hydrogens (tertiary/aromatic N) is 2. The van der Waals surface area contributed by atoms with Crippen molar-refractivity contribution in [2.45, 2.75) is 31.6 Å². The van der Waals surface area contributed by atoms with Crippen molar-refractivity contribution in [2.24, 2.45) is 0 Å². The number of aromatic nitrogens is 1. The van der Waals surface area contributed by atoms with Gasteiger partial charge in [-0.1, -0.05) is 12.8 Å². The number of H-pyrrole nitrogens is 1. The molecule has 1 aliphatic carbocycles. The Morgan fingerprint density at radius 2 is 1.70 bits per heavy atom. The summed E-state index contributed by atoms with van der Waals surface area (Å²) in [6.45, 7) is 1.35. The number of methoxy groups -OCH3 is 1. The summed E-state index contributed by atoms with van der Waals surface area (Å²) in [5.74, 6) is 0.226. The van der Waals surface area contributed by atoms with Gasteiger partial charge in [-0.05, 0) is 87.5 Å². The number of aromatic amines is 1. The number of carbonyl (C=O) groups excluding carboxylic acids is 3. The summed E-state index contributed by atoms with van der Waals surface area (Å²) < 4.78 is 26.4. The number of allylic oxidation sites excluding steroid dienone is 1. The van der Waals surface area contributed by atoms with Crippen LogP contribution in [0, 0.1) is 5.82 Å². The minimum Gasteiger partial charge on any atom is -0.497 e. The van der Waals surface area contributed by atoms with Crippen molar-refractivity contribution in [1.82, 2.24) is 14.8 Å². The van der Waals surface area contributed by atoms with Gasteiger partial charge in [0.15, 0.2) is 11.6 Å². The third-order valence-electron chi connectivity index (χ3n) is 8.72. The first-order valence-corrected chi connectivity index (χ1v) is 15.7. The highest BCUT2D eigenvalue weighted by atomic mass is 19.1. The molecule has 1 aliphatic heterocycles. The number of halogens is 1. The molecule has 10 nitrogen and oxygen atoms in total. The molecule has 3 aromatic carbocycles. The largest absolute Gasteiger partial charge is 0.497 e. The van der Waals surface area contributed by atoms with Crippen LogP contribution in [0.25, 0.3) is 17.0 Å². The molecule has 1 saturated carbocycles. The van der Waals surface area contributed by atoms with E-state index < -0.39 is 11.8 Å². The van der Waals surface area contributed by atoms with Crippen molar-refractivity contribution in [1.29, 1.82) is 0 Å². The maximum atomic E-state index is 15.0. The Balaban J connectivity index is 1.17. The van der Waals surface area contributed by atoms with Gasteiger partial charge >= 0.3 is 6.03 Å². The van der Waals surface area contributed by atoms with E-state index in [1.807, 2.05) is 19.0 Å². The zero-order chi connectivity index (χ0) is 33.2. The van der Waals surface area contributed by atoms with Gasteiger partial charge in [-0.25, -0.2) is 9.18 Å². The van der Waals surface area contributed by atoms with E-state index in [1.54, 1.807) is 66.6 Å². The molecule has 4 aromatic rings. The Morgan fingerprint density at radius 3 is 2.40 bits per heavy atom. The fraction of sp³-hybridized carbons (Fsp3) is 0.306. The second-order valence-corrected chi connectivity index (χ2v) is 12.3. The predicted octanol–water partition coefficient (Wildman–Crippen LogP) is 6.87. The van der Waals surface area contributed by atoms with Crippen LogP contribution in [0.4, 0.5) is 20.6 Å². The maximum absolute atomic E-state index is 15.0. The van der Waals surface area contributed by atoms with Gasteiger partial charge in [-0.3, -0.25) is 9.59 Å². The summed E-state index contributed by atoms with van der Waals surface area (Å²) in [7, 11) is 7.15. The van der Waals surface area contributed by atoms with Crippen molar-refractivity contribution >= 4 is 46.1 Å². The third kappa shape index (κ3) is 6.71. The van der Waals surface area contributed by atoms with Crippen LogP contribution in [0.1, 0.15) is 63.6 Å². The van der Waals surface area contributed by atoms with Gasteiger partial charge in [0.1, 0.15) is 11.5 Å². The zero-order valence-corrected chi connectivity index (χ0v) is 26.9. The fourth-order valence-electron chi connectivity index (χ4n) is 6.14. The molecule has 2 heterocycles. The lowest BCUT2D eigenvalue weighted by Gasteiger charge is -2.19. The summed E-state index contributed by atoms with van der Waals surface area (Å²) in [6, 6.07) is 14.1. The predicted molar refractivity (Wildman–Crippen MR) is 180 cm³/mol. The van der Waals surface area contributed by atoms with Crippen LogP contribution >= 0.6 is 0 Å². The summed E-state index contributed by atoms with van der Waals surface area (Å²) >= 11 is 0. The van der Waals surface area contributed by atoms with Crippen molar-refractivity contribution in [3.8, 4) is 11.5 Å². The quantitative estimate of drug-likeness (QED) is 0.172. The van der Waals surface area contributed by atoms with E-state index in [-0.39, 0.29) is 23.4 Å². The van der Waals surface area contributed by atoms with Crippen molar-refractivity contribution < 1.29 is 28.2 Å². The number of fused-ring (bicyclic) bond motifs is 2. The molecule has 11 heteroatoms. The lowest BCUT2D eigenvalue weighted by molar-refractivity contribution is 0.0786. The van der Waals surface area contributed by atoms with Crippen LogP contribution in [0.5, 0.6) is 11.5 Å². The van der Waals surface area contributed by atoms with Gasteiger partial charge in [0.2, 0.25) is 5.78 Å². The lowest BCUT2D eigenvalue weighted by atomic mass is 9.97. The highest BCUT2D eigenvalue weighted by Gasteiger charge is 2.30. The van der Waals surface area contributed by atoms with Crippen LogP contribution in [0.15, 0.2) is 60.4 Å². The minimum atomic E-state index is -0.509. The molecular formula is C36H38FN5O5. The van der Waals surface area contributed by atoms with Crippen molar-refractivity contribution in [3.63, 3.8) is 0 Å². The molecule has 47 heavy (non-hydrogen) atoms. The first kappa shape index (κ1) is 31.8. The molecule has 3 amide bonds. The van der Waals surface area contributed by atoms with Gasteiger partial charge in [-0.2, -0.15) is 0 Å². The molecule has 6 rings (SSSR count). The Bertz CT molecular complexity index is 1870. The van der Waals surface area contributed by atoms with E-state index in [4.69, 9.17) is 9.47 Å². The number of likely N-dealkylation sites (N-methyl/N-ethyl adjacent to an activating group) is 2. The molecule has 2 aliphatic rings. The van der Waals surface area contributed by atoms with E-state index in [9.17, 15) is 14.4 Å². The molecule has 0 saturated heterocycles. The van der Waals surface area contributed by atoms with Gasteiger partial charge in [0.25, 0.3) is 5.91 Å². The number of anilines is 2. The SMILES string of the molecule is COc1cc(F)c2[nH]c(C3CCCC3)c(C=C3Oc4ccc(NC(=O)Nc5ccc(C(=O)N(C)CCN(C)C)cc5)cc4C3=O)c2c1. The second kappa shape index (κ2) is 13.3. The lowest BCUT2D eigenvalue weighted by Crippen LogP contribution is -2.33. The molecule has 0 spiro atoms. The second-order valence-electron chi connectivity index (χ2n) is 12.3. The van der Waals surface area contributed by atoms with E-state index >= 15 is 4.39 Å². The first-order chi connectivity index (χ1) is 22.6. The summed E-state index contributed by atoms with van der Waals surface area (Å²) in [6.07, 6.45) is 5.81. The number of benzene rings is 3. The Morgan fingerprint density at radius 1 is 1.00 bits per heavy atom. The summed E-state index contributed by atoms with van der Waals surface area (Å²) in [5, 5.41) is 6.13. The molecule has 0 bridgehead atoms. The highest BCUT2D eigenvalue weighted by molar-refractivity contribution is 6.16. The van der Waals surface area contributed by atoms with Gasteiger partial charge in [-0.15, -0.1) is 0 Å². The molecule has 3 N–H and O–H groups in total. The fourth-order valence-corrected chi connectivity index (χ4v) is 6.14. The molecule has 1 aromatic heterocycles. The molecule has 1 fully saturated rings. The number of nitrogens with one attached hydrogen (secondary N) is 3. The van der Waals surface area contributed by atoms with Crippen molar-refractivity contribution in [2.75, 3.05) is 52.0 Å². The smallest absolute Gasteiger partial charge is 0.323 e. The van der Waals surface area contributed by atoms with Gasteiger partial charge in [0, 0.05) is 59.8 Å². The normalized spacial score (nSPS) is 15.3. The standard InChI is InChI=1S/C36H38FN5O5/c1-41(2)15-16-42(3)35(44)22-9-11-23(12-10-22)38-36(45)39-24-13-14-30-28(17-24)34(43)31(47-30)20-27-26-18-25(46-4)19-29(37)33(26)40-32(27)21-7-5-6-8-21/h9-14,17-21,40H,5-8,15-16H2,1-4H3,(H2,38,39,45). The number of amides is 3. The average Bonchev–Trinajstić information content (AvgIpc) is 3.79. The van der Waals surface area contributed by atoms with E-state index in [0.29, 0.717) is 57.0 Å². The average molecular weight is 640 g/mol. The van der Waals surface area contributed by atoms with Crippen LogP contribution < -0.4 is 20.1 Å². The third-order valence-corrected chi connectivity index (χ3v) is 8.72. The van der Waals surface area contributed by atoms with Crippen LogP contribution in [-0.4, -0.2) is 73.8 Å². The number of Topliss-reactive ketones (excluding diaryl/α,β-unsaturated/α-hetero) is 1. The van der Waals surface area contributed by atoms with E-state index in [2.05, 4.69) is 15.6 Å². The number of carbonyl (C=O) groups is 3. The summed E-state index contributed by atoms with van der Waals surface area (Å²) in [5.41, 5.74) is 3.70. The van der Waals surface area contributed by atoms with Gasteiger partial charge in [0.05, 0.1) is 18.2 Å². The van der Waals surface area contributed by atoms with Crippen LogP contribution in [0.2, 0.25) is 0 Å². The number of ether oxygens (including phenoxy) is 2. The number of ketones is 1. The zero-order valence-electron chi connectivity index (χ0n) is 26.9. The number of urea groups is 1. The Kier molecular flexibility index (Phi) is 8.99. The Labute approximate surface area is 272 Å². The molecular weight excluding hydrogens is 601 g/mol. The minimum absolute atomic E-state index is 0.104. The number of hydrogen-bond donors (Lipinski definition) is 3. The monoisotopic (exact) mass is 639 g/mol. The summed E-state index contributed by atoms with van der Waals surface area (Å²) in [4.78, 5) is 46.0.